The van der Waals surface area contributed by atoms with Crippen molar-refractivity contribution in [3.63, 3.8) is 0 Å². The largest absolute Gasteiger partial charge is 0.419 e. The molecule has 1 heterocycles. The lowest BCUT2D eigenvalue weighted by atomic mass is 10.1. The van der Waals surface area contributed by atoms with Gasteiger partial charge in [0.15, 0.2) is 9.84 Å². The summed E-state index contributed by atoms with van der Waals surface area (Å²) in [6, 6.07) is 13.5. The predicted octanol–water partition coefficient (Wildman–Crippen LogP) is 3.58. The maximum Gasteiger partial charge on any atom is 0.241 e. The fourth-order valence-corrected chi connectivity index (χ4v) is 4.25. The molecule has 0 spiro atoms. The van der Waals surface area contributed by atoms with E-state index in [0.29, 0.717) is 35.6 Å². The van der Waals surface area contributed by atoms with Crippen molar-refractivity contribution in [2.45, 2.75) is 37.5 Å². The van der Waals surface area contributed by atoms with Crippen LogP contribution in [0.5, 0.6) is 0 Å². The van der Waals surface area contributed by atoms with E-state index in [1.165, 1.54) is 12.1 Å². The Kier molecular flexibility index (Phi) is 8.44. The van der Waals surface area contributed by atoms with Crippen LogP contribution in [0.15, 0.2) is 59.6 Å². The molecule has 0 saturated carbocycles. The number of aryl methyl sites for hydroxylation is 1. The van der Waals surface area contributed by atoms with E-state index in [4.69, 9.17) is 20.7 Å². The topological polar surface area (TPSA) is 149 Å². The molecule has 3 aromatic rings. The molecule has 4 N–H and O–H groups in total. The highest BCUT2D eigenvalue weighted by Crippen LogP contribution is 2.22. The molecule has 188 valence electrons. The standard InChI is InChI=1S/C25H29N5O4S.2H2/c1-16(2)35(32,33)21-10-8-19(9-11-21)22-15-29-17(3)23(30-22)25(27)34-24(26)20-6-4-18(5-7-20)14-28-12-13-31;;/h4-11,15-16,26-28,31H,12-14H2,1-3H3;2*1H. The summed E-state index contributed by atoms with van der Waals surface area (Å²) in [6.45, 7) is 6.12. The molecule has 1 aromatic heterocycles. The fraction of sp³-hybridized carbons (Fsp3) is 0.280. The number of hydrogen-bond acceptors (Lipinski definition) is 9. The molecule has 0 saturated heterocycles. The summed E-state index contributed by atoms with van der Waals surface area (Å²) in [5.41, 5.74) is 3.26. The lowest BCUT2D eigenvalue weighted by molar-refractivity contribution is 0.292. The number of sulfone groups is 1. The van der Waals surface area contributed by atoms with Crippen molar-refractivity contribution in [1.82, 2.24) is 15.3 Å². The van der Waals surface area contributed by atoms with Crippen molar-refractivity contribution in [3.05, 3.63) is 77.2 Å². The minimum atomic E-state index is -3.38. The van der Waals surface area contributed by atoms with Crippen LogP contribution in [0, 0.1) is 17.7 Å². The highest BCUT2D eigenvalue weighted by Gasteiger charge is 2.20. The lowest BCUT2D eigenvalue weighted by Gasteiger charge is -2.12. The first-order valence-electron chi connectivity index (χ1n) is 11.1. The Morgan fingerprint density at radius 3 is 2.34 bits per heavy atom. The highest BCUT2D eigenvalue weighted by atomic mass is 32.2. The number of ether oxygens (including phenoxy) is 1. The second-order valence-electron chi connectivity index (χ2n) is 8.17. The quantitative estimate of drug-likeness (QED) is 0.200. The molecule has 2 aromatic carbocycles. The minimum Gasteiger partial charge on any atom is -0.419 e. The molecular weight excluding hydrogens is 466 g/mol. The molecular formula is C25H33N5O4S. The van der Waals surface area contributed by atoms with Crippen LogP contribution in [0.2, 0.25) is 0 Å². The van der Waals surface area contributed by atoms with Crippen molar-refractivity contribution in [2.75, 3.05) is 13.2 Å². The first-order chi connectivity index (χ1) is 16.6. The second kappa shape index (κ2) is 11.3. The normalized spacial score (nSPS) is 11.5. The van der Waals surface area contributed by atoms with Gasteiger partial charge in [0.05, 0.1) is 34.3 Å². The van der Waals surface area contributed by atoms with E-state index in [0.717, 1.165) is 5.56 Å². The summed E-state index contributed by atoms with van der Waals surface area (Å²) >= 11 is 0. The van der Waals surface area contributed by atoms with Crippen LogP contribution in [0.1, 0.15) is 39.2 Å². The zero-order valence-electron chi connectivity index (χ0n) is 19.9. The van der Waals surface area contributed by atoms with Crippen LogP contribution in [0.25, 0.3) is 11.3 Å². The fourth-order valence-electron chi connectivity index (χ4n) is 3.19. The van der Waals surface area contributed by atoms with Crippen LogP contribution in [-0.2, 0) is 21.1 Å². The Hall–Kier alpha value is -3.47. The Morgan fingerprint density at radius 2 is 1.74 bits per heavy atom. The monoisotopic (exact) mass is 499 g/mol. The zero-order chi connectivity index (χ0) is 25.6. The maximum absolute atomic E-state index is 12.4. The number of nitrogens with zero attached hydrogens (tertiary/aromatic N) is 2. The second-order valence-corrected chi connectivity index (χ2v) is 10.7. The molecule has 10 heteroatoms. The van der Waals surface area contributed by atoms with E-state index < -0.39 is 15.1 Å². The summed E-state index contributed by atoms with van der Waals surface area (Å²) in [7, 11) is -3.38. The molecule has 0 fully saturated rings. The summed E-state index contributed by atoms with van der Waals surface area (Å²) in [4.78, 5) is 9.02. The van der Waals surface area contributed by atoms with Gasteiger partial charge in [-0.2, -0.15) is 0 Å². The van der Waals surface area contributed by atoms with E-state index in [2.05, 4.69) is 15.3 Å². The number of benzene rings is 2. The average molecular weight is 500 g/mol. The lowest BCUT2D eigenvalue weighted by Crippen LogP contribution is -2.18. The molecule has 0 bridgehead atoms. The van der Waals surface area contributed by atoms with E-state index in [9.17, 15) is 8.42 Å². The Morgan fingerprint density at radius 1 is 1.09 bits per heavy atom. The van der Waals surface area contributed by atoms with Crippen molar-refractivity contribution < 1.29 is 21.1 Å². The molecule has 0 atom stereocenters. The van der Waals surface area contributed by atoms with Gasteiger partial charge in [0, 0.05) is 27.1 Å². The van der Waals surface area contributed by atoms with Crippen molar-refractivity contribution >= 4 is 21.6 Å². The Balaban J connectivity index is 0.00000342. The molecule has 0 unspecified atom stereocenters. The number of nitrogens with one attached hydrogen (secondary N) is 3. The van der Waals surface area contributed by atoms with Gasteiger partial charge in [0.2, 0.25) is 11.8 Å². The van der Waals surface area contributed by atoms with Crippen molar-refractivity contribution in [2.24, 2.45) is 0 Å². The maximum atomic E-state index is 12.4. The highest BCUT2D eigenvalue weighted by molar-refractivity contribution is 7.92. The van der Waals surface area contributed by atoms with E-state index >= 15 is 0 Å². The molecule has 3 rings (SSSR count). The predicted molar refractivity (Wildman–Crippen MR) is 139 cm³/mol. The SMILES string of the molecule is Cc1ncc(-c2ccc(S(=O)(=O)C(C)C)cc2)nc1C(=N)OC(=N)c1ccc(CNCCO)cc1.[HH].[HH]. The summed E-state index contributed by atoms with van der Waals surface area (Å²) in [5, 5.41) is 28.0. The molecule has 0 aliphatic heterocycles. The van der Waals surface area contributed by atoms with Gasteiger partial charge in [0.1, 0.15) is 5.69 Å². The van der Waals surface area contributed by atoms with Crippen molar-refractivity contribution in [1.29, 1.82) is 10.8 Å². The van der Waals surface area contributed by atoms with Crippen LogP contribution >= 0.6 is 0 Å². The van der Waals surface area contributed by atoms with Gasteiger partial charge in [-0.25, -0.2) is 13.4 Å². The zero-order valence-corrected chi connectivity index (χ0v) is 20.7. The van der Waals surface area contributed by atoms with Crippen LogP contribution in [0.3, 0.4) is 0 Å². The molecule has 35 heavy (non-hydrogen) atoms. The third-order valence-electron chi connectivity index (χ3n) is 5.31. The number of hydrogen-bond donors (Lipinski definition) is 4. The number of rotatable bonds is 9. The van der Waals surface area contributed by atoms with E-state index in [1.807, 2.05) is 12.1 Å². The van der Waals surface area contributed by atoms with Gasteiger partial charge in [-0.3, -0.25) is 15.8 Å². The number of aliphatic hydroxyl groups excluding tert-OH is 1. The van der Waals surface area contributed by atoms with Crippen LogP contribution in [0.4, 0.5) is 0 Å². The number of aromatic nitrogens is 2. The first-order valence-corrected chi connectivity index (χ1v) is 12.6. The van der Waals surface area contributed by atoms with Crippen molar-refractivity contribution in [3.8, 4) is 11.3 Å². The summed E-state index contributed by atoms with van der Waals surface area (Å²) in [5.74, 6) is -0.505. The molecule has 0 radical (unpaired) electrons. The minimum absolute atomic E-state index is 0. The van der Waals surface area contributed by atoms with Crippen LogP contribution < -0.4 is 5.32 Å². The molecule has 9 nitrogen and oxygen atoms in total. The molecule has 0 aliphatic rings. The third kappa shape index (κ3) is 6.36. The first kappa shape index (κ1) is 26.1. The van der Waals surface area contributed by atoms with Gasteiger partial charge in [0.25, 0.3) is 0 Å². The van der Waals surface area contributed by atoms with Gasteiger partial charge in [-0.05, 0) is 50.6 Å². The van der Waals surface area contributed by atoms with Crippen LogP contribution in [-0.4, -0.2) is 53.7 Å². The third-order valence-corrected chi connectivity index (χ3v) is 7.48. The summed E-state index contributed by atoms with van der Waals surface area (Å²) in [6.07, 6.45) is 1.55. The smallest absolute Gasteiger partial charge is 0.241 e. The molecule has 0 aliphatic carbocycles. The van der Waals surface area contributed by atoms with E-state index in [1.54, 1.807) is 51.2 Å². The Bertz CT molecular complexity index is 1320. The average Bonchev–Trinajstić information content (AvgIpc) is 2.84. The van der Waals surface area contributed by atoms with Gasteiger partial charge in [-0.15, -0.1) is 0 Å². The van der Waals surface area contributed by atoms with Gasteiger partial charge < -0.3 is 15.2 Å². The van der Waals surface area contributed by atoms with Gasteiger partial charge in [-0.1, -0.05) is 24.3 Å². The van der Waals surface area contributed by atoms with E-state index in [-0.39, 0.29) is 31.8 Å². The summed E-state index contributed by atoms with van der Waals surface area (Å²) < 4.78 is 30.2. The Labute approximate surface area is 208 Å². The number of aliphatic hydroxyl groups is 1. The molecule has 0 amide bonds. The van der Waals surface area contributed by atoms with Gasteiger partial charge >= 0.3 is 0 Å².